The predicted molar refractivity (Wildman–Crippen MR) is 66.7 cm³/mol. The van der Waals surface area contributed by atoms with E-state index in [0.29, 0.717) is 0 Å². The van der Waals surface area contributed by atoms with Crippen molar-refractivity contribution in [3.8, 4) is 17.2 Å². The quantitative estimate of drug-likeness (QED) is 0.563. The van der Waals surface area contributed by atoms with Crippen LogP contribution in [-0.2, 0) is 0 Å². The minimum Gasteiger partial charge on any atom is -0.508 e. The van der Waals surface area contributed by atoms with E-state index in [1.54, 1.807) is 24.3 Å². The molecule has 0 amide bonds. The van der Waals surface area contributed by atoms with Gasteiger partial charge < -0.3 is 15.3 Å². The summed E-state index contributed by atoms with van der Waals surface area (Å²) in [6, 6.07) is 2.00. The van der Waals surface area contributed by atoms with Crippen LogP contribution in [0.15, 0.2) is 48.6 Å². The van der Waals surface area contributed by atoms with Gasteiger partial charge in [0.15, 0.2) is 5.78 Å². The van der Waals surface area contributed by atoms with E-state index in [1.165, 1.54) is 0 Å². The molecule has 4 heteroatoms. The van der Waals surface area contributed by atoms with Gasteiger partial charge in [0.1, 0.15) is 22.8 Å². The number of hydrogen-bond donors (Lipinski definition) is 3. The zero-order chi connectivity index (χ0) is 13.3. The highest BCUT2D eigenvalue weighted by atomic mass is 16.3. The molecule has 0 aliphatic heterocycles. The second kappa shape index (κ2) is 4.41. The number of hydrogen-bond acceptors (Lipinski definition) is 4. The summed E-state index contributed by atoms with van der Waals surface area (Å²) < 4.78 is 0. The van der Waals surface area contributed by atoms with Gasteiger partial charge in [-0.05, 0) is 0 Å². The van der Waals surface area contributed by atoms with Crippen molar-refractivity contribution in [1.82, 2.24) is 0 Å². The van der Waals surface area contributed by atoms with Crippen LogP contribution in [-0.4, -0.2) is 21.1 Å². The van der Waals surface area contributed by atoms with E-state index in [1.807, 2.05) is 0 Å². The average Bonchev–Trinajstić information content (AvgIpc) is 2.79. The van der Waals surface area contributed by atoms with Crippen LogP contribution < -0.4 is 0 Å². The molecule has 0 unspecified atom stereocenters. The van der Waals surface area contributed by atoms with Crippen LogP contribution >= 0.6 is 0 Å². The Morgan fingerprint density at radius 1 is 1.06 bits per heavy atom. The van der Waals surface area contributed by atoms with Crippen LogP contribution in [0.4, 0.5) is 0 Å². The molecule has 1 aromatic carbocycles. The number of Topliss-reactive ketones (excluding diaryl/α,β-unsaturated/α-hetero) is 1. The number of carbonyl (C=O) groups excluding carboxylic acids is 1. The van der Waals surface area contributed by atoms with Crippen molar-refractivity contribution in [2.24, 2.45) is 5.92 Å². The van der Waals surface area contributed by atoms with Crippen molar-refractivity contribution in [2.45, 2.75) is 0 Å². The molecule has 1 aliphatic rings. The van der Waals surface area contributed by atoms with Crippen molar-refractivity contribution in [1.29, 1.82) is 0 Å². The van der Waals surface area contributed by atoms with Crippen molar-refractivity contribution in [2.75, 3.05) is 0 Å². The third-order valence-corrected chi connectivity index (χ3v) is 2.75. The lowest BCUT2D eigenvalue weighted by Crippen LogP contribution is -2.09. The van der Waals surface area contributed by atoms with Crippen LogP contribution in [0.1, 0.15) is 10.4 Å². The first-order valence-electron chi connectivity index (χ1n) is 5.34. The highest BCUT2D eigenvalue weighted by Crippen LogP contribution is 2.35. The molecule has 3 N–H and O–H groups in total. The Hall–Kier alpha value is -2.49. The van der Waals surface area contributed by atoms with Gasteiger partial charge in [0.25, 0.3) is 0 Å². The molecule has 1 aliphatic carbocycles. The van der Waals surface area contributed by atoms with Gasteiger partial charge >= 0.3 is 0 Å². The second-order valence-electron chi connectivity index (χ2n) is 4.01. The Morgan fingerprint density at radius 2 is 1.56 bits per heavy atom. The van der Waals surface area contributed by atoms with Crippen LogP contribution in [0.2, 0.25) is 0 Å². The van der Waals surface area contributed by atoms with E-state index in [9.17, 15) is 20.1 Å². The van der Waals surface area contributed by atoms with Gasteiger partial charge in [0.2, 0.25) is 0 Å². The number of carbonyl (C=O) groups is 1. The third-order valence-electron chi connectivity index (χ3n) is 2.75. The average molecular weight is 244 g/mol. The third kappa shape index (κ3) is 2.00. The number of aromatic hydroxyl groups is 3. The molecule has 2 rings (SSSR count). The maximum Gasteiger partial charge on any atom is 0.196 e. The largest absolute Gasteiger partial charge is 0.508 e. The van der Waals surface area contributed by atoms with Crippen LogP contribution in [0.5, 0.6) is 17.2 Å². The van der Waals surface area contributed by atoms with Crippen LogP contribution in [0.3, 0.4) is 0 Å². The summed E-state index contributed by atoms with van der Waals surface area (Å²) in [7, 11) is 0. The van der Waals surface area contributed by atoms with Crippen molar-refractivity contribution < 1.29 is 20.1 Å². The Labute approximate surface area is 104 Å². The molecule has 0 spiro atoms. The SMILES string of the molecule is C=C(C(=O)c1c(O)cc(O)cc1O)C1C=CC=C1. The Bertz CT molecular complexity index is 546. The molecule has 0 atom stereocenters. The van der Waals surface area contributed by atoms with E-state index >= 15 is 0 Å². The predicted octanol–water partition coefficient (Wildman–Crippen LogP) is 2.28. The maximum absolute atomic E-state index is 12.1. The van der Waals surface area contributed by atoms with Gasteiger partial charge in [-0.3, -0.25) is 4.79 Å². The van der Waals surface area contributed by atoms with E-state index in [0.717, 1.165) is 12.1 Å². The van der Waals surface area contributed by atoms with Gasteiger partial charge in [-0.25, -0.2) is 0 Å². The number of phenols is 3. The second-order valence-corrected chi connectivity index (χ2v) is 4.01. The molecule has 0 saturated heterocycles. The molecule has 92 valence electrons. The minimum atomic E-state index is -0.550. The Balaban J connectivity index is 2.37. The van der Waals surface area contributed by atoms with Gasteiger partial charge in [-0.15, -0.1) is 0 Å². The molecule has 0 radical (unpaired) electrons. The monoisotopic (exact) mass is 244 g/mol. The molecule has 18 heavy (non-hydrogen) atoms. The summed E-state index contributed by atoms with van der Waals surface area (Å²) in [5, 5.41) is 28.4. The standard InChI is InChI=1S/C14H12O4/c1-8(9-4-2-3-5-9)14(18)13-11(16)6-10(15)7-12(13)17/h2-7,9,15-17H,1H2. The maximum atomic E-state index is 12.1. The summed E-state index contributed by atoms with van der Waals surface area (Å²) in [6.45, 7) is 3.68. The lowest BCUT2D eigenvalue weighted by atomic mass is 9.93. The van der Waals surface area contributed by atoms with Gasteiger partial charge in [0.05, 0.1) is 0 Å². The van der Waals surface area contributed by atoms with E-state index in [4.69, 9.17) is 0 Å². The first-order valence-corrected chi connectivity index (χ1v) is 5.34. The summed E-state index contributed by atoms with van der Waals surface area (Å²) in [5.41, 5.74) is 0.00258. The summed E-state index contributed by atoms with van der Waals surface area (Å²) >= 11 is 0. The molecule has 0 heterocycles. The highest BCUT2D eigenvalue weighted by Gasteiger charge is 2.23. The first kappa shape index (κ1) is 12.0. The summed E-state index contributed by atoms with van der Waals surface area (Å²) in [4.78, 5) is 12.1. The molecule has 0 aromatic heterocycles. The highest BCUT2D eigenvalue weighted by molar-refractivity contribution is 6.12. The topological polar surface area (TPSA) is 77.8 Å². The molecular weight excluding hydrogens is 232 g/mol. The van der Waals surface area contributed by atoms with Crippen molar-refractivity contribution >= 4 is 5.78 Å². The van der Waals surface area contributed by atoms with Crippen LogP contribution in [0.25, 0.3) is 0 Å². The molecule has 0 fully saturated rings. The van der Waals surface area contributed by atoms with Crippen molar-refractivity contribution in [3.63, 3.8) is 0 Å². The zero-order valence-electron chi connectivity index (χ0n) is 9.50. The zero-order valence-corrected chi connectivity index (χ0v) is 9.50. The minimum absolute atomic E-state index is 0.231. The molecule has 0 saturated carbocycles. The number of rotatable bonds is 3. The molecule has 0 bridgehead atoms. The molecular formula is C14H12O4. The summed E-state index contributed by atoms with van der Waals surface area (Å²) in [6.07, 6.45) is 7.16. The van der Waals surface area contributed by atoms with Gasteiger partial charge in [-0.1, -0.05) is 30.9 Å². The fourth-order valence-electron chi connectivity index (χ4n) is 1.81. The fraction of sp³-hybridized carbons (Fsp3) is 0.0714. The fourth-order valence-corrected chi connectivity index (χ4v) is 1.81. The van der Waals surface area contributed by atoms with Crippen molar-refractivity contribution in [3.05, 3.63) is 54.2 Å². The van der Waals surface area contributed by atoms with E-state index < -0.39 is 17.3 Å². The van der Waals surface area contributed by atoms with E-state index in [-0.39, 0.29) is 22.8 Å². The smallest absolute Gasteiger partial charge is 0.196 e. The first-order chi connectivity index (χ1) is 8.50. The number of allylic oxidation sites excluding steroid dienone is 5. The van der Waals surface area contributed by atoms with Crippen LogP contribution in [0, 0.1) is 5.92 Å². The number of phenolic OH excluding ortho intramolecular Hbond substituents is 3. The molecule has 4 nitrogen and oxygen atoms in total. The van der Waals surface area contributed by atoms with Gasteiger partial charge in [0, 0.05) is 23.6 Å². The van der Waals surface area contributed by atoms with Gasteiger partial charge in [-0.2, -0.15) is 0 Å². The molecule has 1 aromatic rings. The number of ketones is 1. The number of benzene rings is 1. The Kier molecular flexibility index (Phi) is 2.93. The normalized spacial score (nSPS) is 14.0. The summed E-state index contributed by atoms with van der Waals surface area (Å²) in [5.74, 6) is -2.03. The lowest BCUT2D eigenvalue weighted by molar-refractivity contribution is 0.102. The van der Waals surface area contributed by atoms with E-state index in [2.05, 4.69) is 6.58 Å². The lowest BCUT2D eigenvalue weighted by Gasteiger charge is -2.11. The Morgan fingerprint density at radius 3 is 2.06 bits per heavy atom.